The van der Waals surface area contributed by atoms with Crippen LogP contribution in [0.1, 0.15) is 6.92 Å². The van der Waals surface area contributed by atoms with Crippen LogP contribution in [0.15, 0.2) is 27.1 Å². The van der Waals surface area contributed by atoms with Gasteiger partial charge >= 0.3 is 5.97 Å². The summed E-state index contributed by atoms with van der Waals surface area (Å²) in [4.78, 5) is 10.6. The highest BCUT2D eigenvalue weighted by atomic mass is 79.9. The van der Waals surface area contributed by atoms with Crippen LogP contribution in [0.2, 0.25) is 0 Å². The number of aliphatic carboxylic acids is 1. The van der Waals surface area contributed by atoms with Crippen molar-refractivity contribution >= 4 is 43.5 Å². The molecule has 0 aliphatic heterocycles. The van der Waals surface area contributed by atoms with Crippen LogP contribution in [0.3, 0.4) is 0 Å². The van der Waals surface area contributed by atoms with Gasteiger partial charge in [0.2, 0.25) is 0 Å². The molecule has 0 heterocycles. The first-order valence-corrected chi connectivity index (χ1v) is 6.01. The number of halogens is 2. The summed E-state index contributed by atoms with van der Waals surface area (Å²) in [6.45, 7) is 2.08. The first kappa shape index (κ1) is 12.5. The fourth-order valence-electron chi connectivity index (χ4n) is 0.983. The molecule has 1 aromatic rings. The van der Waals surface area contributed by atoms with Gasteiger partial charge in [0.05, 0.1) is 5.92 Å². The van der Waals surface area contributed by atoms with E-state index in [-0.39, 0.29) is 0 Å². The Labute approximate surface area is 105 Å². The second kappa shape index (κ2) is 5.51. The summed E-state index contributed by atoms with van der Waals surface area (Å²) in [5, 5.41) is 11.8. The highest BCUT2D eigenvalue weighted by molar-refractivity contribution is 9.11. The number of hydrogen-bond donors (Lipinski definition) is 2. The van der Waals surface area contributed by atoms with Gasteiger partial charge in [-0.05, 0) is 34.1 Å². The van der Waals surface area contributed by atoms with Crippen molar-refractivity contribution in [3.8, 4) is 0 Å². The summed E-state index contributed by atoms with van der Waals surface area (Å²) in [7, 11) is 0. The van der Waals surface area contributed by atoms with Gasteiger partial charge in [0, 0.05) is 21.2 Å². The molecule has 0 aromatic heterocycles. The van der Waals surface area contributed by atoms with Crippen molar-refractivity contribution in [2.45, 2.75) is 6.92 Å². The van der Waals surface area contributed by atoms with Crippen LogP contribution in [0.4, 0.5) is 5.69 Å². The number of anilines is 1. The van der Waals surface area contributed by atoms with E-state index in [0.29, 0.717) is 6.54 Å². The lowest BCUT2D eigenvalue weighted by Crippen LogP contribution is -2.19. The van der Waals surface area contributed by atoms with Crippen LogP contribution in [-0.4, -0.2) is 17.6 Å². The molecule has 1 rings (SSSR count). The van der Waals surface area contributed by atoms with Gasteiger partial charge in [-0.2, -0.15) is 0 Å². The summed E-state index contributed by atoms with van der Waals surface area (Å²) in [5.41, 5.74) is 0.887. The monoisotopic (exact) mass is 335 g/mol. The fourth-order valence-corrected chi connectivity index (χ4v) is 1.73. The summed E-state index contributed by atoms with van der Waals surface area (Å²) in [5.74, 6) is -1.20. The standard InChI is InChI=1S/C10H11Br2NO2/c1-6(10(14)15)5-13-9-4-7(11)2-3-8(9)12/h2-4,6,13H,5H2,1H3,(H,14,15). The molecule has 82 valence electrons. The Morgan fingerprint density at radius 2 is 2.20 bits per heavy atom. The predicted molar refractivity (Wildman–Crippen MR) is 67.1 cm³/mol. The molecule has 1 unspecified atom stereocenters. The highest BCUT2D eigenvalue weighted by Crippen LogP contribution is 2.26. The summed E-state index contributed by atoms with van der Waals surface area (Å²) >= 11 is 6.74. The zero-order valence-corrected chi connectivity index (χ0v) is 11.3. The predicted octanol–water partition coefficient (Wildman–Crippen LogP) is 3.34. The first-order chi connectivity index (χ1) is 7.00. The third kappa shape index (κ3) is 3.83. The molecular weight excluding hydrogens is 326 g/mol. The van der Waals surface area contributed by atoms with Crippen LogP contribution >= 0.6 is 31.9 Å². The minimum Gasteiger partial charge on any atom is -0.481 e. The number of rotatable bonds is 4. The number of carboxylic acids is 1. The minimum atomic E-state index is -0.798. The van der Waals surface area contributed by atoms with Crippen molar-refractivity contribution in [1.29, 1.82) is 0 Å². The van der Waals surface area contributed by atoms with Gasteiger partial charge in [0.1, 0.15) is 0 Å². The zero-order valence-electron chi connectivity index (χ0n) is 8.13. The molecule has 0 amide bonds. The van der Waals surface area contributed by atoms with Gasteiger partial charge in [-0.15, -0.1) is 0 Å². The molecule has 0 aliphatic carbocycles. The van der Waals surface area contributed by atoms with E-state index in [1.165, 1.54) is 0 Å². The van der Waals surface area contributed by atoms with E-state index in [1.807, 2.05) is 18.2 Å². The van der Waals surface area contributed by atoms with Gasteiger partial charge in [-0.1, -0.05) is 22.9 Å². The normalized spacial score (nSPS) is 12.2. The Bertz CT molecular complexity index is 368. The number of carbonyl (C=O) groups is 1. The van der Waals surface area contributed by atoms with E-state index < -0.39 is 11.9 Å². The van der Waals surface area contributed by atoms with E-state index in [1.54, 1.807) is 6.92 Å². The second-order valence-electron chi connectivity index (χ2n) is 3.24. The molecule has 1 aromatic carbocycles. The number of carboxylic acid groups (broad SMARTS) is 1. The van der Waals surface area contributed by atoms with Crippen molar-refractivity contribution < 1.29 is 9.90 Å². The summed E-state index contributed by atoms with van der Waals surface area (Å²) in [6.07, 6.45) is 0. The van der Waals surface area contributed by atoms with Crippen LogP contribution in [-0.2, 0) is 4.79 Å². The SMILES string of the molecule is CC(CNc1cc(Br)ccc1Br)C(=O)O. The molecule has 1 atom stereocenters. The van der Waals surface area contributed by atoms with Gasteiger partial charge < -0.3 is 10.4 Å². The lowest BCUT2D eigenvalue weighted by atomic mass is 10.2. The van der Waals surface area contributed by atoms with Gasteiger partial charge in [-0.25, -0.2) is 0 Å². The summed E-state index contributed by atoms with van der Waals surface area (Å²) in [6, 6.07) is 5.71. The maximum absolute atomic E-state index is 10.6. The lowest BCUT2D eigenvalue weighted by molar-refractivity contribution is -0.140. The van der Waals surface area contributed by atoms with Crippen LogP contribution < -0.4 is 5.32 Å². The molecule has 0 bridgehead atoms. The number of hydrogen-bond acceptors (Lipinski definition) is 2. The maximum Gasteiger partial charge on any atom is 0.308 e. The Balaban J connectivity index is 2.65. The fraction of sp³-hybridized carbons (Fsp3) is 0.300. The maximum atomic E-state index is 10.6. The van der Waals surface area contributed by atoms with Gasteiger partial charge in [0.15, 0.2) is 0 Å². The molecule has 15 heavy (non-hydrogen) atoms. The topological polar surface area (TPSA) is 49.3 Å². The minimum absolute atomic E-state index is 0.407. The Morgan fingerprint density at radius 3 is 2.80 bits per heavy atom. The quantitative estimate of drug-likeness (QED) is 0.886. The van der Waals surface area contributed by atoms with E-state index >= 15 is 0 Å². The third-order valence-corrected chi connectivity index (χ3v) is 3.13. The Morgan fingerprint density at radius 1 is 1.53 bits per heavy atom. The smallest absolute Gasteiger partial charge is 0.308 e. The van der Waals surface area contributed by atoms with Crippen molar-refractivity contribution in [2.24, 2.45) is 5.92 Å². The number of nitrogens with one attached hydrogen (secondary N) is 1. The number of benzene rings is 1. The molecule has 5 heteroatoms. The van der Waals surface area contributed by atoms with Crippen LogP contribution in [0.25, 0.3) is 0 Å². The molecule has 0 saturated carbocycles. The van der Waals surface area contributed by atoms with E-state index in [0.717, 1.165) is 14.6 Å². The van der Waals surface area contributed by atoms with Crippen molar-refractivity contribution in [3.05, 3.63) is 27.1 Å². The first-order valence-electron chi connectivity index (χ1n) is 4.42. The zero-order chi connectivity index (χ0) is 11.4. The lowest BCUT2D eigenvalue weighted by Gasteiger charge is -2.11. The van der Waals surface area contributed by atoms with Crippen molar-refractivity contribution in [2.75, 3.05) is 11.9 Å². The molecule has 0 spiro atoms. The molecular formula is C10H11Br2NO2. The largest absolute Gasteiger partial charge is 0.481 e. The molecule has 0 fully saturated rings. The Hall–Kier alpha value is -0.550. The van der Waals surface area contributed by atoms with Crippen LogP contribution in [0.5, 0.6) is 0 Å². The molecule has 0 radical (unpaired) electrons. The van der Waals surface area contributed by atoms with Crippen LogP contribution in [0, 0.1) is 5.92 Å². The average Bonchev–Trinajstić information content (AvgIpc) is 2.18. The highest BCUT2D eigenvalue weighted by Gasteiger charge is 2.10. The van der Waals surface area contributed by atoms with Gasteiger partial charge in [0.25, 0.3) is 0 Å². The average molecular weight is 337 g/mol. The molecule has 0 saturated heterocycles. The second-order valence-corrected chi connectivity index (χ2v) is 5.01. The molecule has 2 N–H and O–H groups in total. The Kier molecular flexibility index (Phi) is 4.60. The molecule has 3 nitrogen and oxygen atoms in total. The van der Waals surface area contributed by atoms with Crippen molar-refractivity contribution in [1.82, 2.24) is 0 Å². The van der Waals surface area contributed by atoms with E-state index in [4.69, 9.17) is 5.11 Å². The van der Waals surface area contributed by atoms with Crippen molar-refractivity contribution in [3.63, 3.8) is 0 Å². The summed E-state index contributed by atoms with van der Waals surface area (Å²) < 4.78 is 1.87. The third-order valence-electron chi connectivity index (χ3n) is 1.95. The van der Waals surface area contributed by atoms with E-state index in [2.05, 4.69) is 37.2 Å². The molecule has 0 aliphatic rings. The van der Waals surface area contributed by atoms with E-state index in [9.17, 15) is 4.79 Å². The van der Waals surface area contributed by atoms with Gasteiger partial charge in [-0.3, -0.25) is 4.79 Å².